The van der Waals surface area contributed by atoms with Crippen molar-refractivity contribution in [3.63, 3.8) is 0 Å². The fourth-order valence-electron chi connectivity index (χ4n) is 4.25. The van der Waals surface area contributed by atoms with Gasteiger partial charge in [0.25, 0.3) is 0 Å². The molecule has 5 heteroatoms. The van der Waals surface area contributed by atoms with Crippen molar-refractivity contribution >= 4 is 11.8 Å². The highest BCUT2D eigenvalue weighted by Crippen LogP contribution is 2.51. The third kappa shape index (κ3) is 2.64. The van der Waals surface area contributed by atoms with Crippen molar-refractivity contribution in [3.05, 3.63) is 23.3 Å². The molecule has 0 bridgehead atoms. The number of ketones is 1. The molecule has 2 fully saturated rings. The number of hydrogen-bond acceptors (Lipinski definition) is 5. The van der Waals surface area contributed by atoms with Crippen LogP contribution in [-0.4, -0.2) is 41.3 Å². The van der Waals surface area contributed by atoms with E-state index in [0.717, 1.165) is 5.57 Å². The second-order valence-corrected chi connectivity index (χ2v) is 7.96. The first-order valence-electron chi connectivity index (χ1n) is 8.61. The molecule has 0 aromatic heterocycles. The van der Waals surface area contributed by atoms with Crippen LogP contribution in [0.5, 0.6) is 0 Å². The van der Waals surface area contributed by atoms with E-state index in [1.54, 1.807) is 13.8 Å². The number of aliphatic hydroxyl groups is 1. The molecule has 5 nitrogen and oxygen atoms in total. The lowest BCUT2D eigenvalue weighted by molar-refractivity contribution is -0.138. The lowest BCUT2D eigenvalue weighted by Crippen LogP contribution is -2.39. The Morgan fingerprint density at radius 1 is 1.42 bits per heavy atom. The summed E-state index contributed by atoms with van der Waals surface area (Å²) < 4.78 is 11.6. The Morgan fingerprint density at radius 2 is 2.08 bits per heavy atom. The smallest absolute Gasteiger partial charge is 0.334 e. The average Bonchev–Trinajstić information content (AvgIpc) is 2.91. The molecule has 5 atom stereocenters. The van der Waals surface area contributed by atoms with Crippen LogP contribution in [0.4, 0.5) is 0 Å². The molecule has 1 aliphatic heterocycles. The minimum absolute atomic E-state index is 0.0177. The molecule has 24 heavy (non-hydrogen) atoms. The molecule has 1 saturated carbocycles. The summed E-state index contributed by atoms with van der Waals surface area (Å²) in [5.74, 6) is -0.746. The van der Waals surface area contributed by atoms with Gasteiger partial charge in [-0.25, -0.2) is 4.79 Å². The van der Waals surface area contributed by atoms with Crippen LogP contribution >= 0.6 is 0 Å². The van der Waals surface area contributed by atoms with Crippen molar-refractivity contribution in [2.75, 3.05) is 6.61 Å². The maximum absolute atomic E-state index is 12.2. The monoisotopic (exact) mass is 334 g/mol. The Balaban J connectivity index is 2.05. The zero-order valence-corrected chi connectivity index (χ0v) is 14.8. The number of allylic oxidation sites excluding steroid dienone is 1. The van der Waals surface area contributed by atoms with Gasteiger partial charge in [0.1, 0.15) is 6.10 Å². The topological polar surface area (TPSA) is 72.8 Å². The van der Waals surface area contributed by atoms with Gasteiger partial charge in [0.05, 0.1) is 17.6 Å². The van der Waals surface area contributed by atoms with Gasteiger partial charge in [0.2, 0.25) is 0 Å². The summed E-state index contributed by atoms with van der Waals surface area (Å²) in [6.07, 6.45) is -0.288. The second-order valence-electron chi connectivity index (χ2n) is 7.96. The van der Waals surface area contributed by atoms with Crippen molar-refractivity contribution < 1.29 is 24.2 Å². The van der Waals surface area contributed by atoms with Crippen LogP contribution < -0.4 is 0 Å². The Labute approximate surface area is 142 Å². The first-order chi connectivity index (χ1) is 11.1. The third-order valence-corrected chi connectivity index (χ3v) is 5.56. The number of ether oxygens (including phenoxy) is 2. The average molecular weight is 334 g/mol. The zero-order chi connectivity index (χ0) is 17.8. The molecular weight excluding hydrogens is 308 g/mol. The normalized spacial score (nSPS) is 39.2. The van der Waals surface area contributed by atoms with Gasteiger partial charge in [-0.05, 0) is 30.9 Å². The maximum atomic E-state index is 12.2. The summed E-state index contributed by atoms with van der Waals surface area (Å²) in [4.78, 5) is 24.4. The first kappa shape index (κ1) is 17.4. The molecule has 5 unspecified atom stereocenters. The molecule has 1 saturated heterocycles. The van der Waals surface area contributed by atoms with Gasteiger partial charge in [-0.1, -0.05) is 20.4 Å². The molecule has 0 aromatic carbocycles. The number of esters is 1. The standard InChI is InChI=1S/C19H26O5/c1-9(2)8-23-14-7-19(5,22)12-6-13(20)10(3)15(12)17-16(14)11(4)18(21)24-17/h9,12,14,16-17,22H,4,6-8H2,1-3,5H3. The van der Waals surface area contributed by atoms with E-state index in [2.05, 4.69) is 20.4 Å². The largest absolute Gasteiger partial charge is 0.454 e. The van der Waals surface area contributed by atoms with Crippen molar-refractivity contribution in [2.24, 2.45) is 17.8 Å². The lowest BCUT2D eigenvalue weighted by atomic mass is 9.81. The fourth-order valence-corrected chi connectivity index (χ4v) is 4.25. The summed E-state index contributed by atoms with van der Waals surface area (Å²) in [5, 5.41) is 11.1. The van der Waals surface area contributed by atoms with Crippen LogP contribution in [0.2, 0.25) is 0 Å². The Kier molecular flexibility index (Phi) is 4.21. The van der Waals surface area contributed by atoms with Gasteiger partial charge >= 0.3 is 5.97 Å². The molecule has 0 spiro atoms. The molecule has 3 rings (SSSR count). The van der Waals surface area contributed by atoms with E-state index in [1.807, 2.05) is 0 Å². The van der Waals surface area contributed by atoms with Crippen LogP contribution in [0.15, 0.2) is 23.3 Å². The number of hydrogen-bond donors (Lipinski definition) is 1. The predicted molar refractivity (Wildman–Crippen MR) is 88.1 cm³/mol. The number of carbonyl (C=O) groups is 2. The van der Waals surface area contributed by atoms with Crippen LogP contribution in [-0.2, 0) is 19.1 Å². The molecule has 132 valence electrons. The van der Waals surface area contributed by atoms with Gasteiger partial charge in [-0.3, -0.25) is 4.79 Å². The molecule has 2 aliphatic carbocycles. The number of carbonyl (C=O) groups excluding carboxylic acids is 2. The highest BCUT2D eigenvalue weighted by molar-refractivity contribution is 6.00. The Bertz CT molecular complexity index is 628. The number of fused-ring (bicyclic) bond motifs is 3. The lowest BCUT2D eigenvalue weighted by Gasteiger charge is -2.32. The van der Waals surface area contributed by atoms with E-state index in [4.69, 9.17) is 9.47 Å². The first-order valence-corrected chi connectivity index (χ1v) is 8.61. The van der Waals surface area contributed by atoms with E-state index in [0.29, 0.717) is 30.1 Å². The predicted octanol–water partition coefficient (Wildman–Crippen LogP) is 2.19. The minimum atomic E-state index is -1.08. The van der Waals surface area contributed by atoms with E-state index < -0.39 is 17.7 Å². The fraction of sp³-hybridized carbons (Fsp3) is 0.684. The van der Waals surface area contributed by atoms with Crippen molar-refractivity contribution in [1.82, 2.24) is 0 Å². The van der Waals surface area contributed by atoms with Crippen LogP contribution in [0.3, 0.4) is 0 Å². The van der Waals surface area contributed by atoms with E-state index >= 15 is 0 Å². The number of Topliss-reactive ketones (excluding diaryl/α,β-unsaturated/α-hetero) is 1. The summed E-state index contributed by atoms with van der Waals surface area (Å²) >= 11 is 0. The van der Waals surface area contributed by atoms with E-state index in [9.17, 15) is 14.7 Å². The summed E-state index contributed by atoms with van der Waals surface area (Å²) in [7, 11) is 0. The van der Waals surface area contributed by atoms with Crippen molar-refractivity contribution in [1.29, 1.82) is 0 Å². The quantitative estimate of drug-likeness (QED) is 0.633. The van der Waals surface area contributed by atoms with Crippen LogP contribution in [0.25, 0.3) is 0 Å². The zero-order valence-electron chi connectivity index (χ0n) is 14.8. The highest BCUT2D eigenvalue weighted by Gasteiger charge is 2.57. The third-order valence-electron chi connectivity index (χ3n) is 5.56. The van der Waals surface area contributed by atoms with Crippen molar-refractivity contribution in [3.8, 4) is 0 Å². The van der Waals surface area contributed by atoms with Gasteiger partial charge < -0.3 is 14.6 Å². The second kappa shape index (κ2) is 5.81. The molecule has 1 N–H and O–H groups in total. The summed E-state index contributed by atoms with van der Waals surface area (Å²) in [6, 6.07) is 0. The van der Waals surface area contributed by atoms with E-state index in [1.165, 1.54) is 0 Å². The van der Waals surface area contributed by atoms with Gasteiger partial charge in [0, 0.05) is 30.9 Å². The Morgan fingerprint density at radius 3 is 2.71 bits per heavy atom. The van der Waals surface area contributed by atoms with E-state index in [-0.39, 0.29) is 30.1 Å². The summed E-state index contributed by atoms with van der Waals surface area (Å²) in [5.41, 5.74) is 0.673. The van der Waals surface area contributed by atoms with Crippen LogP contribution in [0, 0.1) is 17.8 Å². The number of rotatable bonds is 3. The maximum Gasteiger partial charge on any atom is 0.334 e. The van der Waals surface area contributed by atoms with Gasteiger partial charge in [-0.15, -0.1) is 0 Å². The van der Waals surface area contributed by atoms with Gasteiger partial charge in [-0.2, -0.15) is 0 Å². The summed E-state index contributed by atoms with van der Waals surface area (Å²) in [6.45, 7) is 12.1. The molecule has 3 aliphatic rings. The molecule has 1 heterocycles. The minimum Gasteiger partial charge on any atom is -0.454 e. The molecule has 0 radical (unpaired) electrons. The van der Waals surface area contributed by atoms with Crippen LogP contribution in [0.1, 0.15) is 40.5 Å². The molecule has 0 amide bonds. The SMILES string of the molecule is C=C1C(=O)OC2C3=C(C)C(=O)CC3C(C)(O)CC(OCC(C)C)C12. The van der Waals surface area contributed by atoms with Gasteiger partial charge in [0.15, 0.2) is 5.78 Å². The molecular formula is C19H26O5. The van der Waals surface area contributed by atoms with Crippen molar-refractivity contribution in [2.45, 2.75) is 58.3 Å². The molecule has 0 aromatic rings. The highest BCUT2D eigenvalue weighted by atomic mass is 16.6. The Hall–Kier alpha value is -1.46.